The van der Waals surface area contributed by atoms with Gasteiger partial charge in [0.15, 0.2) is 0 Å². The molecule has 104 valence electrons. The van der Waals surface area contributed by atoms with Crippen LogP contribution in [-0.4, -0.2) is 14.2 Å². The van der Waals surface area contributed by atoms with Crippen LogP contribution >= 0.6 is 11.3 Å². The van der Waals surface area contributed by atoms with Crippen molar-refractivity contribution in [2.75, 3.05) is 0 Å². The largest absolute Gasteiger partial charge is 0.384 e. The summed E-state index contributed by atoms with van der Waals surface area (Å²) in [5.41, 5.74) is 4.47. The first kappa shape index (κ1) is 13.1. The Morgan fingerprint density at radius 3 is 2.50 bits per heavy atom. The fraction of sp³-hybridized carbons (Fsp3) is 0.267. The second-order valence-corrected chi connectivity index (χ2v) is 5.81. The van der Waals surface area contributed by atoms with E-state index in [-0.39, 0.29) is 5.69 Å². The lowest BCUT2D eigenvalue weighted by atomic mass is 10.0. The first-order valence-electron chi connectivity index (χ1n) is 6.37. The minimum absolute atomic E-state index is 0.0571. The summed E-state index contributed by atoms with van der Waals surface area (Å²) >= 11 is 1.58. The topological polar surface area (TPSA) is 47.2 Å². The van der Waals surface area contributed by atoms with Crippen LogP contribution in [0.5, 0.6) is 0 Å². The molecule has 0 radical (unpaired) electrons. The molecule has 1 atom stereocenters. The maximum atomic E-state index is 11.9. The predicted molar refractivity (Wildman–Crippen MR) is 81.3 cm³/mol. The zero-order valence-corrected chi connectivity index (χ0v) is 12.4. The van der Waals surface area contributed by atoms with Gasteiger partial charge in [-0.25, -0.2) is 4.79 Å². The minimum atomic E-state index is -0.652. The van der Waals surface area contributed by atoms with Crippen molar-refractivity contribution in [3.63, 3.8) is 0 Å². The average Bonchev–Trinajstić information content (AvgIpc) is 2.97. The highest BCUT2D eigenvalue weighted by Gasteiger charge is 2.16. The number of aliphatic hydroxyl groups is 1. The number of hydrogen-bond acceptors (Lipinski definition) is 3. The van der Waals surface area contributed by atoms with Gasteiger partial charge in [0.25, 0.3) is 0 Å². The summed E-state index contributed by atoms with van der Waals surface area (Å²) in [6.07, 6.45) is -0.652. The Labute approximate surface area is 120 Å². The van der Waals surface area contributed by atoms with E-state index in [1.165, 1.54) is 0 Å². The standard InChI is InChI=1S/C15H16N2O2S/c1-9-7-20-8-11(9)14(18)10-4-5-12-13(6-10)17(3)15(19)16(12)2/h4-8,14,18H,1-3H3. The molecule has 0 amide bonds. The van der Waals surface area contributed by atoms with Crippen molar-refractivity contribution < 1.29 is 5.11 Å². The van der Waals surface area contributed by atoms with E-state index in [9.17, 15) is 9.90 Å². The number of imidazole rings is 1. The Balaban J connectivity index is 2.17. The van der Waals surface area contributed by atoms with Crippen molar-refractivity contribution in [3.8, 4) is 0 Å². The van der Waals surface area contributed by atoms with Crippen molar-refractivity contribution in [3.05, 3.63) is 56.1 Å². The van der Waals surface area contributed by atoms with Gasteiger partial charge in [-0.1, -0.05) is 6.07 Å². The number of benzene rings is 1. The Kier molecular flexibility index (Phi) is 3.03. The smallest absolute Gasteiger partial charge is 0.328 e. The van der Waals surface area contributed by atoms with E-state index in [2.05, 4.69) is 0 Å². The van der Waals surface area contributed by atoms with Gasteiger partial charge in [-0.15, -0.1) is 0 Å². The van der Waals surface area contributed by atoms with Crippen LogP contribution in [0.15, 0.2) is 33.8 Å². The Hall–Kier alpha value is -1.85. The molecular weight excluding hydrogens is 272 g/mol. The van der Waals surface area contributed by atoms with Gasteiger partial charge in [0.05, 0.1) is 11.0 Å². The number of thiophene rings is 1. The van der Waals surface area contributed by atoms with E-state index >= 15 is 0 Å². The zero-order valence-electron chi connectivity index (χ0n) is 11.6. The zero-order chi connectivity index (χ0) is 14.4. The molecule has 3 rings (SSSR count). The second-order valence-electron chi connectivity index (χ2n) is 5.06. The Morgan fingerprint density at radius 2 is 1.85 bits per heavy atom. The summed E-state index contributed by atoms with van der Waals surface area (Å²) in [5, 5.41) is 14.5. The lowest BCUT2D eigenvalue weighted by Gasteiger charge is -2.11. The van der Waals surface area contributed by atoms with Crippen LogP contribution in [0.2, 0.25) is 0 Å². The van der Waals surface area contributed by atoms with Crippen molar-refractivity contribution >= 4 is 22.4 Å². The molecule has 0 fully saturated rings. The molecule has 3 aromatic rings. The molecule has 2 aromatic heterocycles. The molecule has 0 aliphatic heterocycles. The van der Waals surface area contributed by atoms with Crippen molar-refractivity contribution in [2.24, 2.45) is 14.1 Å². The van der Waals surface area contributed by atoms with E-state index in [0.717, 1.165) is 27.7 Å². The normalized spacial score (nSPS) is 13.0. The van der Waals surface area contributed by atoms with Crippen LogP contribution in [-0.2, 0) is 14.1 Å². The number of rotatable bonds is 2. The third-order valence-electron chi connectivity index (χ3n) is 3.80. The third kappa shape index (κ3) is 1.82. The molecule has 0 bridgehead atoms. The van der Waals surface area contributed by atoms with E-state index in [1.807, 2.05) is 35.9 Å². The van der Waals surface area contributed by atoms with Crippen molar-refractivity contribution in [2.45, 2.75) is 13.0 Å². The first-order valence-corrected chi connectivity index (χ1v) is 7.31. The molecule has 0 saturated carbocycles. The van der Waals surface area contributed by atoms with Crippen molar-refractivity contribution in [1.29, 1.82) is 0 Å². The maximum absolute atomic E-state index is 11.9. The fourth-order valence-electron chi connectivity index (χ4n) is 2.52. The maximum Gasteiger partial charge on any atom is 0.328 e. The summed E-state index contributed by atoms with van der Waals surface area (Å²) in [6.45, 7) is 1.99. The highest BCUT2D eigenvalue weighted by atomic mass is 32.1. The molecule has 4 nitrogen and oxygen atoms in total. The highest BCUT2D eigenvalue weighted by molar-refractivity contribution is 7.08. The van der Waals surface area contributed by atoms with Gasteiger partial charge < -0.3 is 5.11 Å². The number of aliphatic hydroxyl groups excluding tert-OH is 1. The fourth-order valence-corrected chi connectivity index (χ4v) is 3.39. The van der Waals surface area contributed by atoms with Crippen LogP contribution in [0.4, 0.5) is 0 Å². The van der Waals surface area contributed by atoms with Gasteiger partial charge in [0, 0.05) is 14.1 Å². The lowest BCUT2D eigenvalue weighted by Crippen LogP contribution is -2.19. The number of nitrogens with zero attached hydrogens (tertiary/aromatic N) is 2. The number of aryl methyl sites for hydroxylation is 3. The van der Waals surface area contributed by atoms with Crippen molar-refractivity contribution in [1.82, 2.24) is 9.13 Å². The van der Waals surface area contributed by atoms with E-state index in [1.54, 1.807) is 34.6 Å². The first-order chi connectivity index (χ1) is 9.50. The Morgan fingerprint density at radius 1 is 1.15 bits per heavy atom. The van der Waals surface area contributed by atoms with Crippen LogP contribution in [0.25, 0.3) is 11.0 Å². The van der Waals surface area contributed by atoms with Crippen LogP contribution < -0.4 is 5.69 Å². The molecule has 0 aliphatic rings. The molecule has 0 saturated heterocycles. The molecule has 5 heteroatoms. The van der Waals surface area contributed by atoms with Gasteiger partial charge in [0.2, 0.25) is 0 Å². The highest BCUT2D eigenvalue weighted by Crippen LogP contribution is 2.29. The molecule has 0 spiro atoms. The van der Waals surface area contributed by atoms with Crippen LogP contribution in [0, 0.1) is 6.92 Å². The van der Waals surface area contributed by atoms with Gasteiger partial charge in [0.1, 0.15) is 6.10 Å². The predicted octanol–water partition coefficient (Wildman–Crippen LogP) is 2.33. The van der Waals surface area contributed by atoms with Crippen LogP contribution in [0.1, 0.15) is 22.8 Å². The number of fused-ring (bicyclic) bond motifs is 1. The van der Waals surface area contributed by atoms with Gasteiger partial charge >= 0.3 is 5.69 Å². The van der Waals surface area contributed by atoms with E-state index in [0.29, 0.717) is 0 Å². The quantitative estimate of drug-likeness (QED) is 0.786. The van der Waals surface area contributed by atoms with Gasteiger partial charge in [-0.3, -0.25) is 9.13 Å². The number of aromatic nitrogens is 2. The molecule has 1 N–H and O–H groups in total. The lowest BCUT2D eigenvalue weighted by molar-refractivity contribution is 0.220. The summed E-state index contributed by atoms with van der Waals surface area (Å²) in [4.78, 5) is 11.9. The number of hydrogen-bond donors (Lipinski definition) is 1. The Bertz CT molecular complexity index is 841. The average molecular weight is 288 g/mol. The SMILES string of the molecule is Cc1cscc1C(O)c1ccc2c(c1)n(C)c(=O)n2C. The van der Waals surface area contributed by atoms with E-state index < -0.39 is 6.10 Å². The molecular formula is C15H16N2O2S. The molecule has 20 heavy (non-hydrogen) atoms. The summed E-state index contributed by atoms with van der Waals surface area (Å²) in [7, 11) is 3.50. The van der Waals surface area contributed by atoms with Crippen LogP contribution in [0.3, 0.4) is 0 Å². The molecule has 0 aliphatic carbocycles. The summed E-state index contributed by atoms with van der Waals surface area (Å²) < 4.78 is 3.22. The second kappa shape index (κ2) is 4.61. The monoisotopic (exact) mass is 288 g/mol. The summed E-state index contributed by atoms with van der Waals surface area (Å²) in [5.74, 6) is 0. The summed E-state index contributed by atoms with van der Waals surface area (Å²) in [6, 6.07) is 5.65. The van der Waals surface area contributed by atoms with E-state index in [4.69, 9.17) is 0 Å². The van der Waals surface area contributed by atoms with Gasteiger partial charge in [-0.05, 0) is 46.5 Å². The third-order valence-corrected chi connectivity index (χ3v) is 4.68. The molecule has 1 aromatic carbocycles. The minimum Gasteiger partial charge on any atom is -0.384 e. The van der Waals surface area contributed by atoms with Gasteiger partial charge in [-0.2, -0.15) is 11.3 Å². The molecule has 2 heterocycles. The molecule has 1 unspecified atom stereocenters.